The summed E-state index contributed by atoms with van der Waals surface area (Å²) in [4.78, 5) is 38.8. The average molecular weight is 281 g/mol. The normalized spacial score (nSPS) is 10.6. The number of carboxylic acids is 1. The van der Waals surface area contributed by atoms with Gasteiger partial charge in [0.15, 0.2) is 4.96 Å². The third-order valence-electron chi connectivity index (χ3n) is 2.49. The second kappa shape index (κ2) is 5.19. The maximum atomic E-state index is 12.1. The molecule has 0 bridgehead atoms. The molecule has 0 aliphatic heterocycles. The number of aromatic nitrogens is 2. The highest BCUT2D eigenvalue weighted by Gasteiger charge is 2.14. The van der Waals surface area contributed by atoms with Gasteiger partial charge in [0.1, 0.15) is 5.56 Å². The molecule has 8 heteroatoms. The Balaban J connectivity index is 2.27. The van der Waals surface area contributed by atoms with Crippen molar-refractivity contribution in [2.75, 3.05) is 6.54 Å². The van der Waals surface area contributed by atoms with E-state index in [1.54, 1.807) is 12.3 Å². The van der Waals surface area contributed by atoms with E-state index in [2.05, 4.69) is 10.3 Å². The molecule has 0 saturated heterocycles. The lowest BCUT2D eigenvalue weighted by molar-refractivity contribution is -0.136. The van der Waals surface area contributed by atoms with Crippen LogP contribution in [0.3, 0.4) is 0 Å². The number of thiazole rings is 1. The Morgan fingerprint density at radius 1 is 1.53 bits per heavy atom. The van der Waals surface area contributed by atoms with Crippen LogP contribution in [0.25, 0.3) is 4.96 Å². The van der Waals surface area contributed by atoms with Crippen LogP contribution in [0.1, 0.15) is 22.5 Å². The number of nitrogens with one attached hydrogen (secondary N) is 1. The molecular formula is C11H11N3O4S. The predicted octanol–water partition coefficient (Wildman–Crippen LogP) is 0.269. The fourth-order valence-corrected chi connectivity index (χ4v) is 2.39. The van der Waals surface area contributed by atoms with E-state index in [0.717, 1.165) is 0 Å². The molecule has 2 N–H and O–H groups in total. The smallest absolute Gasteiger partial charge is 0.305 e. The van der Waals surface area contributed by atoms with Crippen LogP contribution in [0.5, 0.6) is 0 Å². The number of rotatable bonds is 4. The Kier molecular flexibility index (Phi) is 3.61. The van der Waals surface area contributed by atoms with Crippen LogP contribution in [0.15, 0.2) is 16.4 Å². The van der Waals surface area contributed by atoms with Crippen molar-refractivity contribution in [3.05, 3.63) is 33.2 Å². The van der Waals surface area contributed by atoms with Crippen LogP contribution in [0, 0.1) is 6.92 Å². The summed E-state index contributed by atoms with van der Waals surface area (Å²) in [6, 6.07) is 0. The van der Waals surface area contributed by atoms with Crippen LogP contribution in [-0.4, -0.2) is 32.9 Å². The zero-order valence-electron chi connectivity index (χ0n) is 10.0. The standard InChI is InChI=1S/C11H11N3O4S/c1-6-5-19-11-13-4-7(10(18)14(6)11)9(17)12-3-2-8(15)16/h4-5H,2-3H2,1H3,(H,12,17)(H,15,16). The number of carbonyl (C=O) groups is 2. The zero-order chi connectivity index (χ0) is 14.0. The first-order valence-electron chi connectivity index (χ1n) is 5.46. The third kappa shape index (κ3) is 2.63. The SMILES string of the molecule is Cc1csc2ncc(C(=O)NCCC(=O)O)c(=O)n12. The van der Waals surface area contributed by atoms with Crippen LogP contribution >= 0.6 is 11.3 Å². The molecule has 2 rings (SSSR count). The minimum atomic E-state index is -1.01. The summed E-state index contributed by atoms with van der Waals surface area (Å²) in [5.41, 5.74) is 0.165. The molecule has 0 spiro atoms. The molecule has 7 nitrogen and oxygen atoms in total. The lowest BCUT2D eigenvalue weighted by atomic mass is 10.3. The maximum Gasteiger partial charge on any atom is 0.305 e. The van der Waals surface area contributed by atoms with Crippen molar-refractivity contribution in [2.24, 2.45) is 0 Å². The molecule has 19 heavy (non-hydrogen) atoms. The van der Waals surface area contributed by atoms with Gasteiger partial charge in [-0.2, -0.15) is 0 Å². The number of carboxylic acid groups (broad SMARTS) is 1. The number of amides is 1. The van der Waals surface area contributed by atoms with Crippen LogP contribution in [-0.2, 0) is 4.79 Å². The van der Waals surface area contributed by atoms with Crippen molar-refractivity contribution in [3.8, 4) is 0 Å². The Morgan fingerprint density at radius 3 is 2.95 bits per heavy atom. The van der Waals surface area contributed by atoms with Gasteiger partial charge in [-0.1, -0.05) is 0 Å². The van der Waals surface area contributed by atoms with Crippen molar-refractivity contribution in [2.45, 2.75) is 13.3 Å². The molecule has 0 aliphatic carbocycles. The van der Waals surface area contributed by atoms with Crippen molar-refractivity contribution in [3.63, 3.8) is 0 Å². The first-order valence-corrected chi connectivity index (χ1v) is 6.34. The highest BCUT2D eigenvalue weighted by Crippen LogP contribution is 2.10. The first kappa shape index (κ1) is 13.2. The molecule has 0 atom stereocenters. The molecule has 0 aliphatic rings. The Hall–Kier alpha value is -2.22. The summed E-state index contributed by atoms with van der Waals surface area (Å²) in [7, 11) is 0. The van der Waals surface area contributed by atoms with Crippen molar-refractivity contribution in [1.82, 2.24) is 14.7 Å². The van der Waals surface area contributed by atoms with E-state index in [4.69, 9.17) is 5.11 Å². The minimum Gasteiger partial charge on any atom is -0.481 e. The molecule has 0 fully saturated rings. The second-order valence-electron chi connectivity index (χ2n) is 3.87. The van der Waals surface area contributed by atoms with E-state index in [0.29, 0.717) is 10.7 Å². The molecular weight excluding hydrogens is 270 g/mol. The number of hydrogen-bond donors (Lipinski definition) is 2. The van der Waals surface area contributed by atoms with Gasteiger partial charge in [-0.3, -0.25) is 18.8 Å². The minimum absolute atomic E-state index is 0.0288. The number of aryl methyl sites for hydroxylation is 1. The van der Waals surface area contributed by atoms with E-state index in [1.807, 2.05) is 0 Å². The molecule has 0 unspecified atom stereocenters. The highest BCUT2D eigenvalue weighted by atomic mass is 32.1. The van der Waals surface area contributed by atoms with Gasteiger partial charge in [0.05, 0.1) is 6.42 Å². The van der Waals surface area contributed by atoms with E-state index < -0.39 is 17.4 Å². The number of nitrogens with zero attached hydrogens (tertiary/aromatic N) is 2. The summed E-state index contributed by atoms with van der Waals surface area (Å²) >= 11 is 1.31. The summed E-state index contributed by atoms with van der Waals surface area (Å²) < 4.78 is 1.36. The van der Waals surface area contributed by atoms with E-state index in [-0.39, 0.29) is 18.5 Å². The second-order valence-corrected chi connectivity index (χ2v) is 4.71. The fraction of sp³-hybridized carbons (Fsp3) is 0.273. The Bertz CT molecular complexity index is 704. The van der Waals surface area contributed by atoms with Gasteiger partial charge in [-0.25, -0.2) is 4.98 Å². The number of aliphatic carboxylic acids is 1. The Morgan fingerprint density at radius 2 is 2.26 bits per heavy atom. The summed E-state index contributed by atoms with van der Waals surface area (Å²) in [6.45, 7) is 1.72. The molecule has 2 aromatic heterocycles. The molecule has 0 radical (unpaired) electrons. The number of carbonyl (C=O) groups excluding carboxylic acids is 1. The molecule has 100 valence electrons. The summed E-state index contributed by atoms with van der Waals surface area (Å²) in [5.74, 6) is -1.63. The van der Waals surface area contributed by atoms with E-state index in [1.165, 1.54) is 21.9 Å². The molecule has 0 aromatic carbocycles. The highest BCUT2D eigenvalue weighted by molar-refractivity contribution is 7.15. The molecule has 1 amide bonds. The van der Waals surface area contributed by atoms with Crippen molar-refractivity contribution >= 4 is 28.2 Å². The summed E-state index contributed by atoms with van der Waals surface area (Å²) in [6.07, 6.45) is 1.02. The van der Waals surface area contributed by atoms with Crippen LogP contribution in [0.4, 0.5) is 0 Å². The number of fused-ring (bicyclic) bond motifs is 1. The van der Waals surface area contributed by atoms with Crippen LogP contribution < -0.4 is 10.9 Å². The van der Waals surface area contributed by atoms with Gasteiger partial charge in [0.2, 0.25) is 0 Å². The quantitative estimate of drug-likeness (QED) is 0.837. The van der Waals surface area contributed by atoms with Crippen molar-refractivity contribution < 1.29 is 14.7 Å². The van der Waals surface area contributed by atoms with Gasteiger partial charge < -0.3 is 10.4 Å². The summed E-state index contributed by atoms with van der Waals surface area (Å²) in [5, 5.41) is 12.6. The topological polar surface area (TPSA) is 101 Å². The van der Waals surface area contributed by atoms with Crippen molar-refractivity contribution in [1.29, 1.82) is 0 Å². The van der Waals surface area contributed by atoms with Gasteiger partial charge in [0.25, 0.3) is 11.5 Å². The fourth-order valence-electron chi connectivity index (χ4n) is 1.56. The van der Waals surface area contributed by atoms with Gasteiger partial charge in [0, 0.05) is 23.8 Å². The largest absolute Gasteiger partial charge is 0.481 e. The monoisotopic (exact) mass is 281 g/mol. The number of hydrogen-bond acceptors (Lipinski definition) is 5. The van der Waals surface area contributed by atoms with E-state index in [9.17, 15) is 14.4 Å². The molecule has 0 saturated carbocycles. The van der Waals surface area contributed by atoms with Gasteiger partial charge >= 0.3 is 5.97 Å². The van der Waals surface area contributed by atoms with E-state index >= 15 is 0 Å². The zero-order valence-corrected chi connectivity index (χ0v) is 10.9. The lowest BCUT2D eigenvalue weighted by Crippen LogP contribution is -2.32. The Labute approximate surface area is 111 Å². The average Bonchev–Trinajstić information content (AvgIpc) is 2.71. The van der Waals surface area contributed by atoms with Gasteiger partial charge in [-0.05, 0) is 6.92 Å². The first-order chi connectivity index (χ1) is 9.00. The molecule has 2 heterocycles. The lowest BCUT2D eigenvalue weighted by Gasteiger charge is -2.03. The van der Waals surface area contributed by atoms with Gasteiger partial charge in [-0.15, -0.1) is 11.3 Å². The molecule has 2 aromatic rings. The maximum absolute atomic E-state index is 12.1. The third-order valence-corrected chi connectivity index (χ3v) is 3.44. The van der Waals surface area contributed by atoms with Crippen LogP contribution in [0.2, 0.25) is 0 Å². The predicted molar refractivity (Wildman–Crippen MR) is 68.7 cm³/mol.